The van der Waals surface area contributed by atoms with E-state index in [1.165, 1.54) is 12.8 Å². The summed E-state index contributed by atoms with van der Waals surface area (Å²) >= 11 is 0. The topological polar surface area (TPSA) is 46.3 Å². The third-order valence-corrected chi connectivity index (χ3v) is 4.84. The molecule has 0 unspecified atom stereocenters. The quantitative estimate of drug-likeness (QED) is 0.779. The normalized spacial score (nSPS) is 33.8. The first-order valence-electron chi connectivity index (χ1n) is 7.42. The molecule has 3 heteroatoms. The van der Waals surface area contributed by atoms with Crippen LogP contribution in [-0.4, -0.2) is 29.9 Å². The van der Waals surface area contributed by atoms with Crippen LogP contribution in [0.4, 0.5) is 0 Å². The van der Waals surface area contributed by atoms with Gasteiger partial charge in [-0.05, 0) is 43.4 Å². The van der Waals surface area contributed by atoms with Gasteiger partial charge >= 0.3 is 0 Å². The Labute approximate surface area is 111 Å². The molecule has 1 atom stereocenters. The van der Waals surface area contributed by atoms with Crippen LogP contribution in [-0.2, 0) is 4.79 Å². The van der Waals surface area contributed by atoms with E-state index in [9.17, 15) is 4.79 Å². The van der Waals surface area contributed by atoms with Gasteiger partial charge in [-0.25, -0.2) is 0 Å². The third-order valence-electron chi connectivity index (χ3n) is 4.84. The highest BCUT2D eigenvalue weighted by atomic mass is 16.2. The Hall–Kier alpha value is -0.570. The van der Waals surface area contributed by atoms with Gasteiger partial charge in [-0.1, -0.05) is 20.8 Å². The number of hydrogen-bond donors (Lipinski definition) is 1. The number of nitrogens with two attached hydrogens (primary N) is 1. The lowest BCUT2D eigenvalue weighted by Gasteiger charge is -2.37. The zero-order chi connectivity index (χ0) is 13.3. The lowest BCUT2D eigenvalue weighted by Crippen LogP contribution is -2.38. The molecule has 0 aromatic carbocycles. The molecule has 1 aliphatic heterocycles. The predicted octanol–water partition coefficient (Wildman–Crippen LogP) is 2.40. The molecule has 2 N–H and O–H groups in total. The van der Waals surface area contributed by atoms with Crippen molar-refractivity contribution in [3.63, 3.8) is 0 Å². The number of amides is 1. The van der Waals surface area contributed by atoms with Gasteiger partial charge in [0, 0.05) is 25.0 Å². The lowest BCUT2D eigenvalue weighted by atomic mass is 9.69. The third kappa shape index (κ3) is 3.05. The molecule has 0 spiro atoms. The van der Waals surface area contributed by atoms with E-state index in [4.69, 9.17) is 5.73 Å². The molecule has 1 aliphatic carbocycles. The Morgan fingerprint density at radius 3 is 2.17 bits per heavy atom. The van der Waals surface area contributed by atoms with Crippen molar-refractivity contribution in [1.82, 2.24) is 4.90 Å². The number of carbonyl (C=O) groups excluding carboxylic acids is 1. The van der Waals surface area contributed by atoms with E-state index >= 15 is 0 Å². The molecule has 0 aromatic rings. The van der Waals surface area contributed by atoms with Crippen LogP contribution in [0.3, 0.4) is 0 Å². The maximum atomic E-state index is 12.4. The summed E-state index contributed by atoms with van der Waals surface area (Å²) in [6, 6.07) is 0.208. The van der Waals surface area contributed by atoms with Crippen molar-refractivity contribution < 1.29 is 4.79 Å². The zero-order valence-electron chi connectivity index (χ0n) is 12.1. The molecule has 3 nitrogen and oxygen atoms in total. The van der Waals surface area contributed by atoms with E-state index in [1.54, 1.807) is 0 Å². The Bertz CT molecular complexity index is 300. The Morgan fingerprint density at radius 2 is 1.72 bits per heavy atom. The van der Waals surface area contributed by atoms with E-state index < -0.39 is 0 Å². The molecule has 2 aliphatic rings. The van der Waals surface area contributed by atoms with Crippen molar-refractivity contribution in [2.45, 2.75) is 58.9 Å². The molecule has 1 amide bonds. The molecule has 1 saturated heterocycles. The molecule has 18 heavy (non-hydrogen) atoms. The van der Waals surface area contributed by atoms with Crippen LogP contribution in [0, 0.1) is 17.3 Å². The predicted molar refractivity (Wildman–Crippen MR) is 74.1 cm³/mol. The van der Waals surface area contributed by atoms with Crippen LogP contribution in [0.25, 0.3) is 0 Å². The van der Waals surface area contributed by atoms with Crippen LogP contribution in [0.2, 0.25) is 0 Å². The summed E-state index contributed by atoms with van der Waals surface area (Å²) in [6.45, 7) is 8.61. The molecule has 1 heterocycles. The lowest BCUT2D eigenvalue weighted by molar-refractivity contribution is -0.136. The van der Waals surface area contributed by atoms with E-state index in [0.717, 1.165) is 38.3 Å². The molecule has 0 aromatic heterocycles. The summed E-state index contributed by atoms with van der Waals surface area (Å²) in [4.78, 5) is 14.4. The van der Waals surface area contributed by atoms with Gasteiger partial charge in [0.15, 0.2) is 0 Å². The first-order valence-corrected chi connectivity index (χ1v) is 7.42. The van der Waals surface area contributed by atoms with E-state index in [-0.39, 0.29) is 12.0 Å². The molecule has 0 radical (unpaired) electrons. The number of likely N-dealkylation sites (tertiary alicyclic amines) is 1. The second-order valence-corrected chi connectivity index (χ2v) is 7.25. The Balaban J connectivity index is 1.84. The van der Waals surface area contributed by atoms with E-state index in [0.29, 0.717) is 11.3 Å². The number of carbonyl (C=O) groups is 1. The molecular formula is C15H28N2O. The highest BCUT2D eigenvalue weighted by Crippen LogP contribution is 2.40. The first kappa shape index (κ1) is 13.9. The van der Waals surface area contributed by atoms with Crippen LogP contribution >= 0.6 is 0 Å². The minimum absolute atomic E-state index is 0.208. The molecule has 104 valence electrons. The second kappa shape index (κ2) is 5.20. The largest absolute Gasteiger partial charge is 0.341 e. The van der Waals surface area contributed by atoms with Gasteiger partial charge in [0.2, 0.25) is 5.91 Å². The van der Waals surface area contributed by atoms with Crippen molar-refractivity contribution in [3.05, 3.63) is 0 Å². The zero-order valence-corrected chi connectivity index (χ0v) is 12.1. The van der Waals surface area contributed by atoms with Crippen LogP contribution < -0.4 is 5.73 Å². The minimum Gasteiger partial charge on any atom is -0.341 e. The van der Waals surface area contributed by atoms with Crippen molar-refractivity contribution >= 4 is 5.91 Å². The van der Waals surface area contributed by atoms with Crippen LogP contribution in [0.1, 0.15) is 52.9 Å². The van der Waals surface area contributed by atoms with Crippen molar-refractivity contribution in [2.75, 3.05) is 13.1 Å². The molecule has 2 fully saturated rings. The highest BCUT2D eigenvalue weighted by Gasteiger charge is 2.35. The summed E-state index contributed by atoms with van der Waals surface area (Å²) < 4.78 is 0. The summed E-state index contributed by atoms with van der Waals surface area (Å²) in [7, 11) is 0. The molecular weight excluding hydrogens is 224 g/mol. The second-order valence-electron chi connectivity index (χ2n) is 7.25. The average Bonchev–Trinajstić information content (AvgIpc) is 2.74. The van der Waals surface area contributed by atoms with Crippen molar-refractivity contribution in [1.29, 1.82) is 0 Å². The fraction of sp³-hybridized carbons (Fsp3) is 0.933. The fourth-order valence-corrected chi connectivity index (χ4v) is 3.45. The molecule has 0 bridgehead atoms. The smallest absolute Gasteiger partial charge is 0.225 e. The minimum atomic E-state index is 0.208. The summed E-state index contributed by atoms with van der Waals surface area (Å²) in [5.74, 6) is 1.42. The first-order chi connectivity index (χ1) is 8.38. The summed E-state index contributed by atoms with van der Waals surface area (Å²) in [5, 5.41) is 0. The highest BCUT2D eigenvalue weighted by molar-refractivity contribution is 5.79. The maximum Gasteiger partial charge on any atom is 0.225 e. The summed E-state index contributed by atoms with van der Waals surface area (Å²) in [6.07, 6.45) is 5.54. The number of rotatable bonds is 1. The fourth-order valence-electron chi connectivity index (χ4n) is 3.45. The van der Waals surface area contributed by atoms with Gasteiger partial charge in [0.1, 0.15) is 0 Å². The average molecular weight is 252 g/mol. The van der Waals surface area contributed by atoms with Gasteiger partial charge in [-0.3, -0.25) is 4.79 Å². The van der Waals surface area contributed by atoms with Gasteiger partial charge in [0.05, 0.1) is 0 Å². The maximum absolute atomic E-state index is 12.4. The Kier molecular flexibility index (Phi) is 4.00. The number of nitrogens with zero attached hydrogens (tertiary/aromatic N) is 1. The summed E-state index contributed by atoms with van der Waals surface area (Å²) in [5.41, 5.74) is 6.27. The van der Waals surface area contributed by atoms with Crippen LogP contribution in [0.5, 0.6) is 0 Å². The molecule has 1 saturated carbocycles. The monoisotopic (exact) mass is 252 g/mol. The van der Waals surface area contributed by atoms with E-state index in [2.05, 4.69) is 20.8 Å². The van der Waals surface area contributed by atoms with E-state index in [1.807, 2.05) is 4.90 Å². The van der Waals surface area contributed by atoms with Gasteiger partial charge in [-0.2, -0.15) is 0 Å². The van der Waals surface area contributed by atoms with Gasteiger partial charge in [0.25, 0.3) is 0 Å². The standard InChI is InChI=1S/C15H28N2O/c1-15(2,3)12-6-4-11(5-7-12)14(18)17-9-8-13(16)10-17/h11-13H,4-10,16H2,1-3H3/t11?,12?,13-/m1/s1. The Morgan fingerprint density at radius 1 is 1.11 bits per heavy atom. The molecule has 2 rings (SSSR count). The van der Waals surface area contributed by atoms with Crippen molar-refractivity contribution in [2.24, 2.45) is 23.0 Å². The van der Waals surface area contributed by atoms with Gasteiger partial charge < -0.3 is 10.6 Å². The van der Waals surface area contributed by atoms with Crippen LogP contribution in [0.15, 0.2) is 0 Å². The van der Waals surface area contributed by atoms with Crippen molar-refractivity contribution in [3.8, 4) is 0 Å². The van der Waals surface area contributed by atoms with Gasteiger partial charge in [-0.15, -0.1) is 0 Å². The number of hydrogen-bond acceptors (Lipinski definition) is 2. The SMILES string of the molecule is CC(C)(C)C1CCC(C(=O)N2CC[C@@H](N)C2)CC1.